The molecular weight excluding hydrogens is 503 g/mol. The Balaban J connectivity index is 1.26. The summed E-state index contributed by atoms with van der Waals surface area (Å²) in [5, 5.41) is 18.7. The number of aryl methyl sites for hydroxylation is 2. The van der Waals surface area contributed by atoms with Gasteiger partial charge < -0.3 is 29.2 Å². The van der Waals surface area contributed by atoms with Crippen LogP contribution in [0, 0.1) is 19.7 Å². The fourth-order valence-electron chi connectivity index (χ4n) is 5.29. The number of ether oxygens (including phenoxy) is 4. The molecule has 0 spiro atoms. The number of carboxylic acid groups (broad SMARTS) is 1. The normalized spacial score (nSPS) is 20.3. The van der Waals surface area contributed by atoms with Gasteiger partial charge in [-0.1, -0.05) is 12.1 Å². The van der Waals surface area contributed by atoms with Gasteiger partial charge in [-0.2, -0.15) is 0 Å². The Morgan fingerprint density at radius 1 is 1.00 bits per heavy atom. The van der Waals surface area contributed by atoms with E-state index < -0.39 is 12.1 Å². The number of aliphatic hydroxyl groups excluding tert-OH is 1. The van der Waals surface area contributed by atoms with Gasteiger partial charge in [0.25, 0.3) is 0 Å². The minimum Gasteiger partial charge on any atom is -0.492 e. The quantitative estimate of drug-likeness (QED) is 0.370. The summed E-state index contributed by atoms with van der Waals surface area (Å²) in [6.45, 7) is 5.19. The summed E-state index contributed by atoms with van der Waals surface area (Å²) >= 11 is 0. The summed E-state index contributed by atoms with van der Waals surface area (Å²) in [4.78, 5) is 11.1. The van der Waals surface area contributed by atoms with E-state index in [4.69, 9.17) is 24.1 Å². The molecule has 5 rings (SSSR count). The van der Waals surface area contributed by atoms with E-state index in [-0.39, 0.29) is 30.9 Å². The molecule has 2 heterocycles. The molecule has 0 aromatic heterocycles. The van der Waals surface area contributed by atoms with Gasteiger partial charge in [0, 0.05) is 23.1 Å². The molecule has 206 valence electrons. The third-order valence-electron chi connectivity index (χ3n) is 7.28. The highest BCUT2D eigenvalue weighted by Gasteiger charge is 2.27. The predicted octanol–water partition coefficient (Wildman–Crippen LogP) is 5.56. The molecule has 1 saturated heterocycles. The first-order valence-electron chi connectivity index (χ1n) is 13.2. The van der Waals surface area contributed by atoms with Gasteiger partial charge in [0.2, 0.25) is 0 Å². The molecule has 7 nitrogen and oxygen atoms in total. The molecule has 3 atom stereocenters. The minimum absolute atomic E-state index is 0.0252. The van der Waals surface area contributed by atoms with Crippen LogP contribution in [-0.4, -0.2) is 48.2 Å². The van der Waals surface area contributed by atoms with Gasteiger partial charge in [-0.15, -0.1) is 0 Å². The van der Waals surface area contributed by atoms with Crippen molar-refractivity contribution in [1.29, 1.82) is 0 Å². The Bertz CT molecular complexity index is 1320. The van der Waals surface area contributed by atoms with E-state index in [9.17, 15) is 9.90 Å². The number of hydrogen-bond acceptors (Lipinski definition) is 6. The van der Waals surface area contributed by atoms with Crippen LogP contribution in [0.25, 0.3) is 11.1 Å². The molecule has 0 radical (unpaired) electrons. The Labute approximate surface area is 227 Å². The highest BCUT2D eigenvalue weighted by atomic mass is 19.1. The highest BCUT2D eigenvalue weighted by molar-refractivity contribution is 5.73. The molecule has 8 heteroatoms. The van der Waals surface area contributed by atoms with Crippen LogP contribution in [0.3, 0.4) is 0 Å². The second kappa shape index (κ2) is 11.6. The average molecular weight is 537 g/mol. The zero-order valence-corrected chi connectivity index (χ0v) is 22.1. The Morgan fingerprint density at radius 3 is 2.51 bits per heavy atom. The topological polar surface area (TPSA) is 94.5 Å². The molecule has 0 aliphatic carbocycles. The summed E-state index contributed by atoms with van der Waals surface area (Å²) in [5.74, 6) is 0.604. The van der Waals surface area contributed by atoms with Crippen molar-refractivity contribution in [2.45, 2.75) is 57.8 Å². The van der Waals surface area contributed by atoms with E-state index in [2.05, 4.69) is 0 Å². The molecule has 2 aliphatic rings. The summed E-state index contributed by atoms with van der Waals surface area (Å²) in [6.07, 6.45) is 1.03. The van der Waals surface area contributed by atoms with Crippen LogP contribution < -0.4 is 14.2 Å². The maximum Gasteiger partial charge on any atom is 0.304 e. The molecule has 3 aromatic carbocycles. The molecule has 3 aromatic rings. The average Bonchev–Trinajstić information content (AvgIpc) is 3.29. The number of halogens is 1. The lowest BCUT2D eigenvalue weighted by atomic mass is 9.94. The summed E-state index contributed by atoms with van der Waals surface area (Å²) < 4.78 is 38.3. The lowest BCUT2D eigenvalue weighted by Crippen LogP contribution is -2.33. The van der Waals surface area contributed by atoms with Crippen LogP contribution in [0.4, 0.5) is 4.39 Å². The predicted molar refractivity (Wildman–Crippen MR) is 143 cm³/mol. The van der Waals surface area contributed by atoms with Crippen molar-refractivity contribution in [1.82, 2.24) is 0 Å². The Morgan fingerprint density at radius 2 is 1.79 bits per heavy atom. The lowest BCUT2D eigenvalue weighted by molar-refractivity contribution is -0.137. The van der Waals surface area contributed by atoms with Crippen LogP contribution in [0.15, 0.2) is 48.5 Å². The Hall–Kier alpha value is -3.62. The monoisotopic (exact) mass is 536 g/mol. The van der Waals surface area contributed by atoms with E-state index in [0.29, 0.717) is 49.1 Å². The van der Waals surface area contributed by atoms with Gasteiger partial charge in [0.05, 0.1) is 31.8 Å². The van der Waals surface area contributed by atoms with Gasteiger partial charge in [-0.3, -0.25) is 4.79 Å². The van der Waals surface area contributed by atoms with E-state index in [0.717, 1.165) is 34.2 Å². The summed E-state index contributed by atoms with van der Waals surface area (Å²) in [5.41, 5.74) is 4.79. The lowest BCUT2D eigenvalue weighted by Gasteiger charge is -2.26. The zero-order chi connectivity index (χ0) is 27.5. The van der Waals surface area contributed by atoms with Crippen molar-refractivity contribution < 1.29 is 38.3 Å². The third kappa shape index (κ3) is 6.34. The first kappa shape index (κ1) is 27.0. The number of carbonyl (C=O) groups is 1. The second-order valence-corrected chi connectivity index (χ2v) is 10.3. The van der Waals surface area contributed by atoms with Gasteiger partial charge in [0.1, 0.15) is 36.3 Å². The Kier molecular flexibility index (Phi) is 8.04. The van der Waals surface area contributed by atoms with Crippen molar-refractivity contribution >= 4 is 5.97 Å². The largest absolute Gasteiger partial charge is 0.492 e. The number of fused-ring (bicyclic) bond motifs is 1. The molecule has 2 unspecified atom stereocenters. The molecule has 2 N–H and O–H groups in total. The number of benzene rings is 3. The molecule has 0 amide bonds. The fourth-order valence-corrected chi connectivity index (χ4v) is 5.29. The van der Waals surface area contributed by atoms with Crippen LogP contribution >= 0.6 is 0 Å². The molecular formula is C31H33FO7. The molecule has 1 fully saturated rings. The molecule has 39 heavy (non-hydrogen) atoms. The van der Waals surface area contributed by atoms with E-state index in [1.165, 1.54) is 6.07 Å². The van der Waals surface area contributed by atoms with E-state index in [1.807, 2.05) is 32.0 Å². The zero-order valence-electron chi connectivity index (χ0n) is 22.1. The molecule has 0 saturated carbocycles. The fraction of sp³-hybridized carbons (Fsp3) is 0.387. The number of rotatable bonds is 9. The standard InChI is InChI=1S/C31H33FO7/c1-18-9-25(38-17-24-5-4-22(33)16-37-24)10-19(2)31(18)27-11-20(3-8-28(27)32)14-36-23-6-7-26-21(12-30(34)35)15-39-29(26)13-23/h3,6-11,13,21-22,24,33H,4-5,12,14-17H2,1-2H3,(H,34,35)/t21?,22-,24?/m1/s1. The van der Waals surface area contributed by atoms with Gasteiger partial charge >= 0.3 is 5.97 Å². The highest BCUT2D eigenvalue weighted by Crippen LogP contribution is 2.39. The first-order chi connectivity index (χ1) is 18.8. The number of aliphatic hydroxyl groups is 1. The van der Waals surface area contributed by atoms with Crippen LogP contribution in [0.1, 0.15) is 47.4 Å². The number of hydrogen-bond donors (Lipinski definition) is 2. The third-order valence-corrected chi connectivity index (χ3v) is 7.28. The summed E-state index contributed by atoms with van der Waals surface area (Å²) in [6, 6.07) is 14.2. The van der Waals surface area contributed by atoms with Crippen molar-refractivity contribution in [3.05, 3.63) is 76.6 Å². The van der Waals surface area contributed by atoms with Crippen molar-refractivity contribution in [2.24, 2.45) is 0 Å². The van der Waals surface area contributed by atoms with Crippen molar-refractivity contribution in [3.8, 4) is 28.4 Å². The van der Waals surface area contributed by atoms with E-state index >= 15 is 4.39 Å². The van der Waals surface area contributed by atoms with Crippen LogP contribution in [0.5, 0.6) is 17.2 Å². The smallest absolute Gasteiger partial charge is 0.304 e. The van der Waals surface area contributed by atoms with Gasteiger partial charge in [-0.05, 0) is 79.3 Å². The van der Waals surface area contributed by atoms with Gasteiger partial charge in [-0.25, -0.2) is 4.39 Å². The maximum absolute atomic E-state index is 15.0. The van der Waals surface area contributed by atoms with Crippen molar-refractivity contribution in [3.63, 3.8) is 0 Å². The van der Waals surface area contributed by atoms with Crippen LogP contribution in [-0.2, 0) is 16.1 Å². The van der Waals surface area contributed by atoms with E-state index in [1.54, 1.807) is 24.3 Å². The summed E-state index contributed by atoms with van der Waals surface area (Å²) in [7, 11) is 0. The van der Waals surface area contributed by atoms with Crippen molar-refractivity contribution in [2.75, 3.05) is 19.8 Å². The first-order valence-corrected chi connectivity index (χ1v) is 13.2. The van der Waals surface area contributed by atoms with Crippen LogP contribution in [0.2, 0.25) is 0 Å². The molecule has 2 aliphatic heterocycles. The van der Waals surface area contributed by atoms with Gasteiger partial charge in [0.15, 0.2) is 0 Å². The molecule has 0 bridgehead atoms. The minimum atomic E-state index is -0.855. The number of carboxylic acids is 1. The second-order valence-electron chi connectivity index (χ2n) is 10.3. The maximum atomic E-state index is 15.0. The number of aliphatic carboxylic acids is 1. The SMILES string of the molecule is Cc1cc(OCC2CC[C@@H](O)CO2)cc(C)c1-c1cc(COc2ccc3c(c2)OCC3CC(=O)O)ccc1F.